The number of benzene rings is 6. The van der Waals surface area contributed by atoms with Crippen molar-refractivity contribution in [2.75, 3.05) is 0 Å². The summed E-state index contributed by atoms with van der Waals surface area (Å²) in [6.45, 7) is 26.5. The molecule has 0 spiro atoms. The number of pyridine rings is 1. The summed E-state index contributed by atoms with van der Waals surface area (Å²) in [7, 11) is 0. The van der Waals surface area contributed by atoms with Crippen molar-refractivity contribution in [3.63, 3.8) is 0 Å². The fraction of sp³-hybridized carbons (Fsp3) is 0.276. The first-order valence-electron chi connectivity index (χ1n) is 22.0. The van der Waals surface area contributed by atoms with Crippen LogP contribution in [-0.2, 0) is 42.7 Å². The van der Waals surface area contributed by atoms with Gasteiger partial charge in [-0.15, -0.1) is 29.3 Å². The molecule has 6 aromatic carbocycles. The summed E-state index contributed by atoms with van der Waals surface area (Å²) in [5.41, 5.74) is 14.3. The van der Waals surface area contributed by atoms with Gasteiger partial charge in [0, 0.05) is 44.1 Å². The maximum atomic E-state index is 13.9. The molecule has 2 aromatic heterocycles. The number of hydrogen-bond donors (Lipinski definition) is 1. The van der Waals surface area contributed by atoms with Gasteiger partial charge in [0.1, 0.15) is 17.4 Å². The van der Waals surface area contributed by atoms with E-state index >= 15 is 0 Å². The van der Waals surface area contributed by atoms with Crippen molar-refractivity contribution in [1.82, 2.24) is 14.5 Å². The van der Waals surface area contributed by atoms with E-state index in [4.69, 9.17) is 9.97 Å². The molecule has 330 valence electrons. The number of phenols is 1. The summed E-state index contributed by atoms with van der Waals surface area (Å²) >= 11 is 0. The van der Waals surface area contributed by atoms with E-state index < -0.39 is 0 Å². The van der Waals surface area contributed by atoms with Crippen LogP contribution in [0.1, 0.15) is 105 Å². The summed E-state index contributed by atoms with van der Waals surface area (Å²) in [6, 6.07) is 46.7. The number of rotatable bonds is 6. The van der Waals surface area contributed by atoms with Gasteiger partial charge in [-0.1, -0.05) is 167 Å². The quantitative estimate of drug-likeness (QED) is 0.169. The van der Waals surface area contributed by atoms with Gasteiger partial charge in [-0.2, -0.15) is 0 Å². The third-order valence-electron chi connectivity index (χ3n) is 12.1. The van der Waals surface area contributed by atoms with E-state index in [1.807, 2.05) is 12.1 Å². The molecule has 0 amide bonds. The predicted octanol–water partition coefficient (Wildman–Crippen LogP) is 15.6. The van der Waals surface area contributed by atoms with Gasteiger partial charge < -0.3 is 5.11 Å². The third-order valence-corrected chi connectivity index (χ3v) is 12.1. The largest absolute Gasteiger partial charge is 0.507 e. The van der Waals surface area contributed by atoms with Crippen molar-refractivity contribution in [1.29, 1.82) is 0 Å². The molecule has 64 heavy (non-hydrogen) atoms. The Hall–Kier alpha value is -5.64. The van der Waals surface area contributed by atoms with Crippen molar-refractivity contribution in [3.05, 3.63) is 168 Å². The second-order valence-electron chi connectivity index (χ2n) is 21.1. The van der Waals surface area contributed by atoms with Gasteiger partial charge in [0.15, 0.2) is 0 Å². The minimum absolute atomic E-state index is 0. The molecular weight excluding hydrogens is 969 g/mol. The average Bonchev–Trinajstić information content (AvgIpc) is 3.62. The second kappa shape index (κ2) is 17.1. The Bertz CT molecular complexity index is 2990. The van der Waals surface area contributed by atoms with Crippen LogP contribution >= 0.6 is 0 Å². The SMILES string of the molecule is CC(C)(C)c1cc(-c2cc(-c3ccc(F)cc3)ccn2)[c-]c(-c2cccc3c2nc(-c2cc(C(C)(C)C)cc(C(C)(C)C)c2O)n3-c2ccc(C(C)(C)C)cc2-c2ccccc2)c1.[Pt]. The Morgan fingerprint density at radius 3 is 1.80 bits per heavy atom. The van der Waals surface area contributed by atoms with E-state index in [9.17, 15) is 9.50 Å². The Morgan fingerprint density at radius 2 is 1.16 bits per heavy atom. The molecular formula is C58H59FN3OPt-. The standard InChI is InChI=1S/C58H59FN3O.Pt/c1-55(2,3)41-23-26-50(46(33-41)37-17-14-13-15-18-37)62-51-20-16-19-45(52(51)61-54(62)47-34-43(57(7,8)9)35-48(53(47)63)58(10,11)12)39-29-40(31-42(30-39)56(4,5)6)49-32-38(27-28-60-49)36-21-24-44(59)25-22-36;/h13-28,30-35,63H,1-12H3;/q-1;. The first-order chi connectivity index (χ1) is 29.6. The van der Waals surface area contributed by atoms with Gasteiger partial charge in [0.25, 0.3) is 0 Å². The van der Waals surface area contributed by atoms with Crippen LogP contribution in [0.2, 0.25) is 0 Å². The Kier molecular flexibility index (Phi) is 12.4. The molecule has 0 saturated heterocycles. The van der Waals surface area contributed by atoms with Gasteiger partial charge in [0.05, 0.1) is 22.3 Å². The summed E-state index contributed by atoms with van der Waals surface area (Å²) in [5.74, 6) is 0.624. The van der Waals surface area contributed by atoms with Crippen LogP contribution in [0.5, 0.6) is 5.75 Å². The zero-order valence-electron chi connectivity index (χ0n) is 39.2. The molecule has 2 heterocycles. The molecule has 0 aliphatic carbocycles. The monoisotopic (exact) mass is 1030 g/mol. The van der Waals surface area contributed by atoms with E-state index in [0.29, 0.717) is 11.4 Å². The average molecular weight is 1030 g/mol. The van der Waals surface area contributed by atoms with E-state index in [1.54, 1.807) is 18.3 Å². The first-order valence-corrected chi connectivity index (χ1v) is 22.0. The number of fused-ring (bicyclic) bond motifs is 1. The molecule has 0 saturated carbocycles. The molecule has 1 N–H and O–H groups in total. The fourth-order valence-corrected chi connectivity index (χ4v) is 8.28. The number of aromatic nitrogens is 3. The molecule has 6 heteroatoms. The molecule has 0 bridgehead atoms. The molecule has 0 atom stereocenters. The van der Waals surface area contributed by atoms with Gasteiger partial charge >= 0.3 is 0 Å². The zero-order chi connectivity index (χ0) is 45.2. The van der Waals surface area contributed by atoms with Crippen LogP contribution in [0.25, 0.3) is 72.7 Å². The van der Waals surface area contributed by atoms with Gasteiger partial charge in [-0.05, 0) is 91.9 Å². The van der Waals surface area contributed by atoms with E-state index in [2.05, 4.69) is 185 Å². The van der Waals surface area contributed by atoms with Crippen LogP contribution in [0.4, 0.5) is 4.39 Å². The summed E-state index contributed by atoms with van der Waals surface area (Å²) < 4.78 is 16.2. The van der Waals surface area contributed by atoms with Gasteiger partial charge in [0.2, 0.25) is 0 Å². The smallest absolute Gasteiger partial charge is 0.148 e. The van der Waals surface area contributed by atoms with E-state index in [0.717, 1.165) is 78.0 Å². The van der Waals surface area contributed by atoms with E-state index in [-0.39, 0.29) is 54.3 Å². The Labute approximate surface area is 394 Å². The number of phenolic OH excluding ortho intramolecular Hbond substituents is 1. The molecule has 4 nitrogen and oxygen atoms in total. The molecule has 0 unspecified atom stereocenters. The molecule has 0 radical (unpaired) electrons. The van der Waals surface area contributed by atoms with Crippen molar-refractivity contribution >= 4 is 11.0 Å². The molecule has 8 aromatic rings. The second-order valence-corrected chi connectivity index (χ2v) is 21.1. The van der Waals surface area contributed by atoms with Crippen LogP contribution < -0.4 is 0 Å². The molecule has 8 rings (SSSR count). The van der Waals surface area contributed by atoms with E-state index in [1.165, 1.54) is 17.7 Å². The fourth-order valence-electron chi connectivity index (χ4n) is 8.28. The van der Waals surface area contributed by atoms with Crippen molar-refractivity contribution in [3.8, 4) is 67.5 Å². The number of nitrogens with zero attached hydrogens (tertiary/aromatic N) is 3. The molecule has 0 fully saturated rings. The number of para-hydroxylation sites is 1. The topological polar surface area (TPSA) is 50.9 Å². The minimum atomic E-state index is -0.341. The molecule has 0 aliphatic heterocycles. The summed E-state index contributed by atoms with van der Waals surface area (Å²) in [6.07, 6.45) is 1.80. The van der Waals surface area contributed by atoms with Crippen LogP contribution in [-0.4, -0.2) is 19.6 Å². The first kappa shape index (κ1) is 46.4. The minimum Gasteiger partial charge on any atom is -0.507 e. The van der Waals surface area contributed by atoms with Gasteiger partial charge in [-0.25, -0.2) is 9.37 Å². The van der Waals surface area contributed by atoms with Crippen LogP contribution in [0.3, 0.4) is 0 Å². The van der Waals surface area contributed by atoms with Crippen molar-refractivity contribution in [2.45, 2.75) is 105 Å². The molecule has 0 aliphatic rings. The van der Waals surface area contributed by atoms with Crippen LogP contribution in [0.15, 0.2) is 134 Å². The third kappa shape index (κ3) is 9.15. The number of aromatic hydroxyl groups is 1. The Morgan fingerprint density at radius 1 is 0.531 bits per heavy atom. The summed E-state index contributed by atoms with van der Waals surface area (Å²) in [4.78, 5) is 10.5. The van der Waals surface area contributed by atoms with Crippen molar-refractivity contribution in [2.24, 2.45) is 0 Å². The number of imidazole rings is 1. The summed E-state index contributed by atoms with van der Waals surface area (Å²) in [5, 5.41) is 12.5. The maximum absolute atomic E-state index is 13.9. The van der Waals surface area contributed by atoms with Crippen LogP contribution in [0, 0.1) is 11.9 Å². The normalized spacial score (nSPS) is 12.4. The number of hydrogen-bond acceptors (Lipinski definition) is 3. The Balaban J connectivity index is 0.00000612. The zero-order valence-corrected chi connectivity index (χ0v) is 41.5. The van der Waals surface area contributed by atoms with Crippen molar-refractivity contribution < 1.29 is 30.6 Å². The van der Waals surface area contributed by atoms with Gasteiger partial charge in [-0.3, -0.25) is 9.55 Å². The number of halogens is 1. The predicted molar refractivity (Wildman–Crippen MR) is 261 cm³/mol. The maximum Gasteiger partial charge on any atom is 0.148 e.